The predicted molar refractivity (Wildman–Crippen MR) is 69.5 cm³/mol. The van der Waals surface area contributed by atoms with Gasteiger partial charge in [0.05, 0.1) is 11.2 Å². The summed E-state index contributed by atoms with van der Waals surface area (Å²) in [5, 5.41) is 13.3. The van der Waals surface area contributed by atoms with Crippen LogP contribution in [0.2, 0.25) is 0 Å². The number of para-hydroxylation sites is 1. The van der Waals surface area contributed by atoms with Crippen LogP contribution in [-0.4, -0.2) is 23.2 Å². The van der Waals surface area contributed by atoms with Crippen LogP contribution in [0.15, 0.2) is 34.9 Å². The van der Waals surface area contributed by atoms with Crippen molar-refractivity contribution in [2.45, 2.75) is 25.9 Å². The first-order valence-corrected chi connectivity index (χ1v) is 6.00. The Kier molecular flexibility index (Phi) is 3.39. The Balaban J connectivity index is 2.14. The second kappa shape index (κ2) is 4.82. The maximum absolute atomic E-state index is 12.0. The van der Waals surface area contributed by atoms with Crippen LogP contribution >= 0.6 is 0 Å². The van der Waals surface area contributed by atoms with Crippen molar-refractivity contribution in [1.29, 1.82) is 0 Å². The molecule has 4 nitrogen and oxygen atoms in total. The topological polar surface area (TPSA) is 62.5 Å². The molecule has 1 unspecified atom stereocenters. The zero-order chi connectivity index (χ0) is 13.2. The number of benzene rings is 1. The molecule has 0 aliphatic carbocycles. The highest BCUT2D eigenvalue weighted by atomic mass is 16.3. The summed E-state index contributed by atoms with van der Waals surface area (Å²) in [4.78, 5) is 12.0. The molecule has 2 rings (SSSR count). The minimum atomic E-state index is -0.880. The van der Waals surface area contributed by atoms with Gasteiger partial charge in [0.2, 0.25) is 0 Å². The lowest BCUT2D eigenvalue weighted by molar-refractivity contribution is 0.0518. The largest absolute Gasteiger partial charge is 0.463 e. The summed E-state index contributed by atoms with van der Waals surface area (Å²) in [6.07, 6.45) is 2.03. The van der Waals surface area contributed by atoms with Gasteiger partial charge in [0.1, 0.15) is 11.8 Å². The van der Waals surface area contributed by atoms with Crippen LogP contribution < -0.4 is 5.32 Å². The lowest BCUT2D eigenvalue weighted by Crippen LogP contribution is -2.40. The first kappa shape index (κ1) is 12.6. The van der Waals surface area contributed by atoms with Gasteiger partial charge in [-0.25, -0.2) is 0 Å². The summed E-state index contributed by atoms with van der Waals surface area (Å²) < 4.78 is 5.31. The highest BCUT2D eigenvalue weighted by Crippen LogP contribution is 2.20. The second-order valence-corrected chi connectivity index (χ2v) is 4.68. The van der Waals surface area contributed by atoms with Gasteiger partial charge in [-0.05, 0) is 19.4 Å². The molecule has 4 heteroatoms. The number of carbonyl (C=O) groups excluding carboxylic acids is 1. The van der Waals surface area contributed by atoms with Gasteiger partial charge in [0, 0.05) is 11.9 Å². The molecule has 0 spiro atoms. The number of aliphatic hydroxyl groups is 1. The third kappa shape index (κ3) is 2.54. The summed E-state index contributed by atoms with van der Waals surface area (Å²) in [5.41, 5.74) is 0.303. The van der Waals surface area contributed by atoms with E-state index in [-0.39, 0.29) is 12.5 Å². The maximum Gasteiger partial charge on any atom is 0.255 e. The Morgan fingerprint density at radius 2 is 2.17 bits per heavy atom. The zero-order valence-electron chi connectivity index (χ0n) is 10.6. The van der Waals surface area contributed by atoms with Crippen molar-refractivity contribution in [1.82, 2.24) is 5.32 Å². The molecule has 0 fully saturated rings. The minimum absolute atomic E-state index is 0.224. The smallest absolute Gasteiger partial charge is 0.255 e. The molecule has 0 aliphatic heterocycles. The standard InChI is InChI=1S/C14H17NO3/c1-3-14(2,17)9-15-13(16)11-8-18-12-7-5-4-6-10(11)12/h4-8,17H,3,9H2,1-2H3,(H,15,16). The van der Waals surface area contributed by atoms with Crippen molar-refractivity contribution >= 4 is 16.9 Å². The molecular weight excluding hydrogens is 230 g/mol. The SMILES string of the molecule is CCC(C)(O)CNC(=O)c1coc2ccccc12. The van der Waals surface area contributed by atoms with Crippen molar-refractivity contribution in [2.24, 2.45) is 0 Å². The normalized spacial score (nSPS) is 14.4. The Labute approximate surface area is 106 Å². The summed E-state index contributed by atoms with van der Waals surface area (Å²) in [5.74, 6) is -0.228. The third-order valence-corrected chi connectivity index (χ3v) is 3.12. The Hall–Kier alpha value is -1.81. The van der Waals surface area contributed by atoms with Crippen molar-refractivity contribution in [3.63, 3.8) is 0 Å². The molecule has 0 radical (unpaired) electrons. The predicted octanol–water partition coefficient (Wildman–Crippen LogP) is 2.32. The summed E-state index contributed by atoms with van der Waals surface area (Å²) in [6, 6.07) is 7.37. The average Bonchev–Trinajstić information content (AvgIpc) is 2.80. The van der Waals surface area contributed by atoms with Crippen LogP contribution in [0.3, 0.4) is 0 Å². The van der Waals surface area contributed by atoms with Crippen molar-refractivity contribution in [3.8, 4) is 0 Å². The summed E-state index contributed by atoms with van der Waals surface area (Å²) >= 11 is 0. The molecule has 1 aromatic heterocycles. The number of hydrogen-bond donors (Lipinski definition) is 2. The van der Waals surface area contributed by atoms with E-state index < -0.39 is 5.60 Å². The van der Waals surface area contributed by atoms with Gasteiger partial charge >= 0.3 is 0 Å². The van der Waals surface area contributed by atoms with E-state index in [0.717, 1.165) is 5.39 Å². The number of carbonyl (C=O) groups is 1. The molecule has 0 bridgehead atoms. The molecule has 1 aromatic carbocycles. The fraction of sp³-hybridized carbons (Fsp3) is 0.357. The maximum atomic E-state index is 12.0. The van der Waals surface area contributed by atoms with Crippen molar-refractivity contribution in [2.75, 3.05) is 6.54 Å². The molecule has 1 heterocycles. The van der Waals surface area contributed by atoms with Crippen LogP contribution in [0, 0.1) is 0 Å². The van der Waals surface area contributed by atoms with Crippen LogP contribution in [0.5, 0.6) is 0 Å². The Bertz CT molecular complexity index is 557. The number of rotatable bonds is 4. The van der Waals surface area contributed by atoms with Crippen LogP contribution in [-0.2, 0) is 0 Å². The van der Waals surface area contributed by atoms with Gasteiger partial charge in [-0.2, -0.15) is 0 Å². The molecule has 2 N–H and O–H groups in total. The fourth-order valence-corrected chi connectivity index (χ4v) is 1.64. The van der Waals surface area contributed by atoms with Crippen molar-refractivity contribution in [3.05, 3.63) is 36.1 Å². The van der Waals surface area contributed by atoms with E-state index in [4.69, 9.17) is 4.42 Å². The lowest BCUT2D eigenvalue weighted by atomic mass is 10.0. The van der Waals surface area contributed by atoms with Crippen LogP contribution in [0.1, 0.15) is 30.6 Å². The number of nitrogens with one attached hydrogen (secondary N) is 1. The third-order valence-electron chi connectivity index (χ3n) is 3.12. The highest BCUT2D eigenvalue weighted by molar-refractivity contribution is 6.05. The van der Waals surface area contributed by atoms with E-state index in [9.17, 15) is 9.90 Å². The molecule has 0 saturated carbocycles. The van der Waals surface area contributed by atoms with Crippen LogP contribution in [0.25, 0.3) is 11.0 Å². The number of hydrogen-bond acceptors (Lipinski definition) is 3. The first-order chi connectivity index (χ1) is 8.53. The van der Waals surface area contributed by atoms with E-state index in [2.05, 4.69) is 5.32 Å². The zero-order valence-corrected chi connectivity index (χ0v) is 10.6. The molecule has 0 aliphatic rings. The molecule has 0 saturated heterocycles. The number of fused-ring (bicyclic) bond motifs is 1. The van der Waals surface area contributed by atoms with E-state index >= 15 is 0 Å². The molecule has 96 valence electrons. The van der Waals surface area contributed by atoms with Gasteiger partial charge in [-0.1, -0.05) is 25.1 Å². The molecule has 18 heavy (non-hydrogen) atoms. The van der Waals surface area contributed by atoms with E-state index in [0.29, 0.717) is 17.6 Å². The minimum Gasteiger partial charge on any atom is -0.463 e. The first-order valence-electron chi connectivity index (χ1n) is 6.00. The molecule has 1 atom stereocenters. The molecular formula is C14H17NO3. The van der Waals surface area contributed by atoms with Gasteiger partial charge in [-0.3, -0.25) is 4.79 Å². The van der Waals surface area contributed by atoms with E-state index in [1.54, 1.807) is 6.92 Å². The number of furan rings is 1. The Morgan fingerprint density at radius 3 is 2.89 bits per heavy atom. The number of amides is 1. The quantitative estimate of drug-likeness (QED) is 0.871. The van der Waals surface area contributed by atoms with Gasteiger partial charge in [-0.15, -0.1) is 0 Å². The van der Waals surface area contributed by atoms with Gasteiger partial charge in [0.25, 0.3) is 5.91 Å². The fourth-order valence-electron chi connectivity index (χ4n) is 1.64. The van der Waals surface area contributed by atoms with Crippen LogP contribution in [0.4, 0.5) is 0 Å². The average molecular weight is 247 g/mol. The Morgan fingerprint density at radius 1 is 1.44 bits per heavy atom. The van der Waals surface area contributed by atoms with E-state index in [1.165, 1.54) is 6.26 Å². The lowest BCUT2D eigenvalue weighted by Gasteiger charge is -2.21. The van der Waals surface area contributed by atoms with E-state index in [1.807, 2.05) is 31.2 Å². The molecule has 1 amide bonds. The van der Waals surface area contributed by atoms with Gasteiger partial charge < -0.3 is 14.8 Å². The van der Waals surface area contributed by atoms with Crippen molar-refractivity contribution < 1.29 is 14.3 Å². The second-order valence-electron chi connectivity index (χ2n) is 4.68. The summed E-state index contributed by atoms with van der Waals surface area (Å²) in [7, 11) is 0. The molecule has 2 aromatic rings. The van der Waals surface area contributed by atoms with Gasteiger partial charge in [0.15, 0.2) is 0 Å². The highest BCUT2D eigenvalue weighted by Gasteiger charge is 2.20. The summed E-state index contributed by atoms with van der Waals surface area (Å²) in [6.45, 7) is 3.79. The monoisotopic (exact) mass is 247 g/mol.